The number of esters is 1. The van der Waals surface area contributed by atoms with Crippen molar-refractivity contribution in [3.8, 4) is 11.5 Å². The SMILES string of the molecule is COc1cc(NC(=O)[C@H](C)OC(=O)c2ccc(Cn3ccccc3=O)o2)cc(OC)c1. The largest absolute Gasteiger partial charge is 0.497 e. The molecular formula is C22H22N2O7. The molecule has 1 atom stereocenters. The van der Waals surface area contributed by atoms with Crippen molar-refractivity contribution >= 4 is 17.6 Å². The van der Waals surface area contributed by atoms with Gasteiger partial charge in [-0.1, -0.05) is 6.07 Å². The first-order chi connectivity index (χ1) is 14.9. The summed E-state index contributed by atoms with van der Waals surface area (Å²) in [6.07, 6.45) is 0.526. The fourth-order valence-corrected chi connectivity index (χ4v) is 2.73. The molecule has 0 aliphatic carbocycles. The minimum absolute atomic E-state index is 0.0679. The number of methoxy groups -OCH3 is 2. The molecule has 1 amide bonds. The van der Waals surface area contributed by atoms with Crippen LogP contribution in [-0.2, 0) is 16.1 Å². The molecule has 0 saturated carbocycles. The molecule has 3 aromatic rings. The number of carbonyl (C=O) groups excluding carboxylic acids is 2. The van der Waals surface area contributed by atoms with E-state index in [0.717, 1.165) is 0 Å². The molecule has 0 unspecified atom stereocenters. The lowest BCUT2D eigenvalue weighted by molar-refractivity contribution is -0.123. The average molecular weight is 426 g/mol. The summed E-state index contributed by atoms with van der Waals surface area (Å²) < 4.78 is 22.4. The predicted molar refractivity (Wildman–Crippen MR) is 112 cm³/mol. The van der Waals surface area contributed by atoms with Gasteiger partial charge in [-0.3, -0.25) is 9.59 Å². The molecule has 1 N–H and O–H groups in total. The zero-order chi connectivity index (χ0) is 22.4. The Morgan fingerprint density at radius 1 is 1.06 bits per heavy atom. The van der Waals surface area contributed by atoms with E-state index in [1.807, 2.05) is 0 Å². The van der Waals surface area contributed by atoms with Crippen LogP contribution < -0.4 is 20.3 Å². The first-order valence-electron chi connectivity index (χ1n) is 9.38. The molecule has 0 saturated heterocycles. The zero-order valence-corrected chi connectivity index (χ0v) is 17.3. The van der Waals surface area contributed by atoms with Crippen LogP contribution in [0.2, 0.25) is 0 Å². The van der Waals surface area contributed by atoms with Gasteiger partial charge in [0.1, 0.15) is 17.3 Å². The molecule has 2 heterocycles. The molecule has 0 radical (unpaired) electrons. The molecule has 0 aliphatic rings. The van der Waals surface area contributed by atoms with Crippen LogP contribution >= 0.6 is 0 Å². The maximum atomic E-state index is 12.4. The van der Waals surface area contributed by atoms with Gasteiger partial charge < -0.3 is 28.5 Å². The number of pyridine rings is 1. The van der Waals surface area contributed by atoms with Gasteiger partial charge in [0.15, 0.2) is 6.10 Å². The number of rotatable bonds is 8. The predicted octanol–water partition coefficient (Wildman–Crippen LogP) is 2.69. The van der Waals surface area contributed by atoms with E-state index in [2.05, 4.69) is 5.32 Å². The highest BCUT2D eigenvalue weighted by Crippen LogP contribution is 2.26. The second kappa shape index (κ2) is 9.66. The van der Waals surface area contributed by atoms with Gasteiger partial charge in [-0.25, -0.2) is 4.79 Å². The van der Waals surface area contributed by atoms with E-state index in [4.69, 9.17) is 18.6 Å². The Bertz CT molecular complexity index is 1110. The van der Waals surface area contributed by atoms with Crippen LogP contribution in [0.5, 0.6) is 11.5 Å². The Morgan fingerprint density at radius 3 is 2.42 bits per heavy atom. The number of nitrogens with one attached hydrogen (secondary N) is 1. The van der Waals surface area contributed by atoms with Crippen molar-refractivity contribution in [1.82, 2.24) is 4.57 Å². The maximum absolute atomic E-state index is 12.4. The van der Waals surface area contributed by atoms with Gasteiger partial charge in [0.25, 0.3) is 11.5 Å². The Morgan fingerprint density at radius 2 is 1.77 bits per heavy atom. The van der Waals surface area contributed by atoms with Crippen molar-refractivity contribution in [2.75, 3.05) is 19.5 Å². The Balaban J connectivity index is 1.61. The number of benzene rings is 1. The van der Waals surface area contributed by atoms with E-state index in [1.54, 1.807) is 42.6 Å². The summed E-state index contributed by atoms with van der Waals surface area (Å²) in [5.74, 6) is 0.00573. The Kier molecular flexibility index (Phi) is 6.76. The third kappa shape index (κ3) is 5.53. The second-order valence-electron chi connectivity index (χ2n) is 6.57. The number of hydrogen-bond donors (Lipinski definition) is 1. The standard InChI is InChI=1S/C22H22N2O7/c1-14(21(26)23-15-10-17(28-2)12-18(11-15)29-3)30-22(27)19-8-7-16(31-19)13-24-9-5-4-6-20(24)25/h4-12,14H,13H2,1-3H3,(H,23,26)/t14-/m0/s1. The summed E-state index contributed by atoms with van der Waals surface area (Å²) in [6, 6.07) is 12.7. The number of hydrogen-bond acceptors (Lipinski definition) is 7. The van der Waals surface area contributed by atoms with E-state index in [-0.39, 0.29) is 17.9 Å². The lowest BCUT2D eigenvalue weighted by Crippen LogP contribution is -2.29. The van der Waals surface area contributed by atoms with E-state index in [9.17, 15) is 14.4 Å². The Labute approximate surface area is 178 Å². The van der Waals surface area contributed by atoms with Gasteiger partial charge >= 0.3 is 5.97 Å². The van der Waals surface area contributed by atoms with Crippen molar-refractivity contribution in [3.05, 3.63) is 76.6 Å². The van der Waals surface area contributed by atoms with Gasteiger partial charge in [0.05, 0.1) is 20.8 Å². The molecule has 0 spiro atoms. The summed E-state index contributed by atoms with van der Waals surface area (Å²) in [5.41, 5.74) is 0.236. The van der Waals surface area contributed by atoms with E-state index < -0.39 is 18.0 Å². The molecule has 1 aromatic carbocycles. The van der Waals surface area contributed by atoms with Crippen molar-refractivity contribution < 1.29 is 28.2 Å². The number of amides is 1. The van der Waals surface area contributed by atoms with Crippen molar-refractivity contribution in [2.45, 2.75) is 19.6 Å². The van der Waals surface area contributed by atoms with E-state index in [1.165, 1.54) is 37.8 Å². The third-order valence-electron chi connectivity index (χ3n) is 4.36. The molecule has 9 nitrogen and oxygen atoms in total. The fourth-order valence-electron chi connectivity index (χ4n) is 2.73. The molecular weight excluding hydrogens is 404 g/mol. The fraction of sp³-hybridized carbons (Fsp3) is 0.227. The minimum Gasteiger partial charge on any atom is -0.497 e. The Hall–Kier alpha value is -4.01. The summed E-state index contributed by atoms with van der Waals surface area (Å²) in [6.45, 7) is 1.61. The first kappa shape index (κ1) is 21.7. The zero-order valence-electron chi connectivity index (χ0n) is 17.3. The highest BCUT2D eigenvalue weighted by Gasteiger charge is 2.22. The number of anilines is 1. The van der Waals surface area contributed by atoms with Crippen LogP contribution in [0.3, 0.4) is 0 Å². The molecule has 9 heteroatoms. The summed E-state index contributed by atoms with van der Waals surface area (Å²) in [5, 5.41) is 2.65. The summed E-state index contributed by atoms with van der Waals surface area (Å²) in [7, 11) is 2.99. The summed E-state index contributed by atoms with van der Waals surface area (Å²) in [4.78, 5) is 36.5. The van der Waals surface area contributed by atoms with Crippen LogP contribution in [0.25, 0.3) is 0 Å². The minimum atomic E-state index is -1.09. The lowest BCUT2D eigenvalue weighted by Gasteiger charge is -2.14. The van der Waals surface area contributed by atoms with Gasteiger partial charge in [-0.2, -0.15) is 0 Å². The lowest BCUT2D eigenvalue weighted by atomic mass is 10.2. The molecule has 162 valence electrons. The van der Waals surface area contributed by atoms with Gasteiger partial charge in [0.2, 0.25) is 5.76 Å². The van der Waals surface area contributed by atoms with Gasteiger partial charge in [-0.05, 0) is 25.1 Å². The van der Waals surface area contributed by atoms with Crippen LogP contribution in [0.1, 0.15) is 23.2 Å². The number of ether oxygens (including phenoxy) is 3. The smallest absolute Gasteiger partial charge is 0.375 e. The van der Waals surface area contributed by atoms with Crippen molar-refractivity contribution in [3.63, 3.8) is 0 Å². The third-order valence-corrected chi connectivity index (χ3v) is 4.36. The van der Waals surface area contributed by atoms with Crippen molar-refractivity contribution in [2.24, 2.45) is 0 Å². The molecule has 0 bridgehead atoms. The van der Waals surface area contributed by atoms with Crippen LogP contribution in [0, 0.1) is 0 Å². The molecule has 31 heavy (non-hydrogen) atoms. The molecule has 3 rings (SSSR count). The van der Waals surface area contributed by atoms with E-state index >= 15 is 0 Å². The van der Waals surface area contributed by atoms with Crippen LogP contribution in [-0.4, -0.2) is 36.8 Å². The van der Waals surface area contributed by atoms with Crippen LogP contribution in [0.4, 0.5) is 5.69 Å². The number of aromatic nitrogens is 1. The highest BCUT2D eigenvalue weighted by atomic mass is 16.6. The van der Waals surface area contributed by atoms with Gasteiger partial charge in [0, 0.05) is 36.1 Å². The normalized spacial score (nSPS) is 11.5. The number of carbonyl (C=O) groups is 2. The quantitative estimate of drug-likeness (QED) is 0.552. The average Bonchev–Trinajstić information content (AvgIpc) is 3.23. The van der Waals surface area contributed by atoms with Crippen LogP contribution in [0.15, 0.2) is 63.9 Å². The summed E-state index contributed by atoms with van der Waals surface area (Å²) >= 11 is 0. The highest BCUT2D eigenvalue weighted by molar-refractivity contribution is 5.96. The number of furan rings is 1. The monoisotopic (exact) mass is 426 g/mol. The topological polar surface area (TPSA) is 109 Å². The number of nitrogens with zero attached hydrogens (tertiary/aromatic N) is 1. The van der Waals surface area contributed by atoms with Crippen molar-refractivity contribution in [1.29, 1.82) is 0 Å². The first-order valence-corrected chi connectivity index (χ1v) is 9.38. The molecule has 2 aromatic heterocycles. The van der Waals surface area contributed by atoms with Gasteiger partial charge in [-0.15, -0.1) is 0 Å². The maximum Gasteiger partial charge on any atom is 0.375 e. The molecule has 0 aliphatic heterocycles. The van der Waals surface area contributed by atoms with E-state index in [0.29, 0.717) is 22.9 Å². The molecule has 0 fully saturated rings. The second-order valence-corrected chi connectivity index (χ2v) is 6.57.